The van der Waals surface area contributed by atoms with Gasteiger partial charge in [0.05, 0.1) is 19.6 Å². The number of ether oxygens (including phenoxy) is 1. The number of hydrogen-bond donors (Lipinski definition) is 1. The van der Waals surface area contributed by atoms with E-state index >= 15 is 0 Å². The molecule has 1 saturated heterocycles. The lowest BCUT2D eigenvalue weighted by atomic mass is 9.94. The molecule has 0 spiro atoms. The molecule has 0 radical (unpaired) electrons. The number of carbonyl (C=O) groups is 1. The zero-order chi connectivity index (χ0) is 18.2. The normalized spacial score (nSPS) is 25.5. The Hall–Kier alpha value is -1.30. The predicted molar refractivity (Wildman–Crippen MR) is 102 cm³/mol. The number of aliphatic imine (C=N–C) groups is 1. The Kier molecular flexibility index (Phi) is 8.00. The van der Waals surface area contributed by atoms with Crippen LogP contribution in [0.4, 0.5) is 0 Å². The summed E-state index contributed by atoms with van der Waals surface area (Å²) in [5, 5.41) is 3.38. The molecule has 25 heavy (non-hydrogen) atoms. The number of guanidine groups is 1. The van der Waals surface area contributed by atoms with Crippen LogP contribution < -0.4 is 5.32 Å². The molecule has 1 heterocycles. The van der Waals surface area contributed by atoms with E-state index in [4.69, 9.17) is 9.73 Å². The Morgan fingerprint density at radius 2 is 2.00 bits per heavy atom. The number of carbonyl (C=O) groups excluding carboxylic acids is 1. The van der Waals surface area contributed by atoms with Crippen molar-refractivity contribution < 1.29 is 9.53 Å². The molecule has 0 aromatic carbocycles. The van der Waals surface area contributed by atoms with E-state index in [0.717, 1.165) is 38.2 Å². The molecule has 2 rings (SSSR count). The van der Waals surface area contributed by atoms with Crippen LogP contribution in [-0.2, 0) is 9.53 Å². The van der Waals surface area contributed by atoms with Gasteiger partial charge in [-0.2, -0.15) is 0 Å². The van der Waals surface area contributed by atoms with E-state index in [1.165, 1.54) is 39.2 Å². The van der Waals surface area contributed by atoms with Crippen molar-refractivity contribution in [2.45, 2.75) is 52.0 Å². The minimum Gasteiger partial charge on any atom is -0.469 e. The Balaban J connectivity index is 1.88. The average Bonchev–Trinajstić information content (AvgIpc) is 3.02. The first kappa shape index (κ1) is 20.0. The zero-order valence-corrected chi connectivity index (χ0v) is 16.5. The average molecular weight is 353 g/mol. The van der Waals surface area contributed by atoms with Crippen LogP contribution in [0.2, 0.25) is 0 Å². The quantitative estimate of drug-likeness (QED) is 0.450. The number of nitrogens with one attached hydrogen (secondary N) is 1. The molecule has 1 aliphatic carbocycles. The van der Waals surface area contributed by atoms with Gasteiger partial charge in [0.25, 0.3) is 0 Å². The number of rotatable bonds is 6. The van der Waals surface area contributed by atoms with Gasteiger partial charge in [0, 0.05) is 32.2 Å². The van der Waals surface area contributed by atoms with Gasteiger partial charge < -0.3 is 19.9 Å². The Morgan fingerprint density at radius 3 is 2.64 bits per heavy atom. The molecule has 2 atom stereocenters. The summed E-state index contributed by atoms with van der Waals surface area (Å²) in [7, 11) is 3.70. The van der Waals surface area contributed by atoms with E-state index in [0.29, 0.717) is 12.5 Å². The second kappa shape index (κ2) is 10.00. The highest BCUT2D eigenvalue weighted by molar-refractivity contribution is 5.82. The highest BCUT2D eigenvalue weighted by atomic mass is 16.5. The Bertz CT molecular complexity index is 449. The largest absolute Gasteiger partial charge is 0.469 e. The molecule has 144 valence electrons. The van der Waals surface area contributed by atoms with Crippen molar-refractivity contribution in [1.29, 1.82) is 0 Å². The fourth-order valence-electron chi connectivity index (χ4n) is 4.04. The minimum atomic E-state index is -0.108. The highest BCUT2D eigenvalue weighted by Gasteiger charge is 2.36. The van der Waals surface area contributed by atoms with Gasteiger partial charge in [0.2, 0.25) is 0 Å². The molecule has 2 unspecified atom stereocenters. The molecule has 2 aliphatic rings. The van der Waals surface area contributed by atoms with E-state index in [9.17, 15) is 4.79 Å². The van der Waals surface area contributed by atoms with E-state index in [1.807, 2.05) is 0 Å². The van der Waals surface area contributed by atoms with Crippen molar-refractivity contribution in [1.82, 2.24) is 15.1 Å². The summed E-state index contributed by atoms with van der Waals surface area (Å²) >= 11 is 0. The Labute approximate surface area is 153 Å². The molecular formula is C19H36N4O2. The first-order chi connectivity index (χ1) is 12.1. The maximum absolute atomic E-state index is 11.9. The summed E-state index contributed by atoms with van der Waals surface area (Å²) in [4.78, 5) is 21.4. The summed E-state index contributed by atoms with van der Waals surface area (Å²) in [5.41, 5.74) is 0. The predicted octanol–water partition coefficient (Wildman–Crippen LogP) is 1.96. The second-order valence-electron chi connectivity index (χ2n) is 7.52. The fraction of sp³-hybridized carbons (Fsp3) is 0.895. The zero-order valence-electron chi connectivity index (χ0n) is 16.5. The number of likely N-dealkylation sites (tertiary alicyclic amines) is 1. The fourth-order valence-corrected chi connectivity index (χ4v) is 4.04. The molecule has 0 aromatic rings. The first-order valence-corrected chi connectivity index (χ1v) is 9.88. The van der Waals surface area contributed by atoms with E-state index in [1.54, 1.807) is 0 Å². The van der Waals surface area contributed by atoms with Gasteiger partial charge in [-0.05, 0) is 32.7 Å². The van der Waals surface area contributed by atoms with Crippen LogP contribution >= 0.6 is 0 Å². The summed E-state index contributed by atoms with van der Waals surface area (Å²) in [6.45, 7) is 8.36. The molecule has 1 N–H and O–H groups in total. The number of hydrogen-bond acceptors (Lipinski definition) is 4. The maximum Gasteiger partial charge on any atom is 0.310 e. The molecule has 6 nitrogen and oxygen atoms in total. The summed E-state index contributed by atoms with van der Waals surface area (Å²) in [5.74, 6) is 1.06. The Morgan fingerprint density at radius 1 is 1.28 bits per heavy atom. The van der Waals surface area contributed by atoms with Gasteiger partial charge in [-0.15, -0.1) is 0 Å². The van der Waals surface area contributed by atoms with Gasteiger partial charge >= 0.3 is 5.97 Å². The molecule has 0 aromatic heterocycles. The molecular weight excluding hydrogens is 316 g/mol. The van der Waals surface area contributed by atoms with Crippen molar-refractivity contribution in [3.8, 4) is 0 Å². The first-order valence-electron chi connectivity index (χ1n) is 9.88. The number of methoxy groups -OCH3 is 1. The standard InChI is InChI=1S/C19H36N4O2/c1-5-20-19(23-13-15(2)17(14-23)18(24)25-4)21-11-12-22(3)16-9-7-6-8-10-16/h15-17H,5-14H2,1-4H3,(H,20,21). The van der Waals surface area contributed by atoms with Crippen LogP contribution in [0, 0.1) is 11.8 Å². The van der Waals surface area contributed by atoms with Crippen molar-refractivity contribution in [2.24, 2.45) is 16.8 Å². The van der Waals surface area contributed by atoms with E-state index < -0.39 is 0 Å². The summed E-state index contributed by atoms with van der Waals surface area (Å²) in [6.07, 6.45) is 6.76. The lowest BCUT2D eigenvalue weighted by Gasteiger charge is -2.31. The van der Waals surface area contributed by atoms with Gasteiger partial charge in [0.15, 0.2) is 5.96 Å². The van der Waals surface area contributed by atoms with Gasteiger partial charge in [-0.25, -0.2) is 0 Å². The topological polar surface area (TPSA) is 57.2 Å². The van der Waals surface area contributed by atoms with Crippen LogP contribution in [0.5, 0.6) is 0 Å². The van der Waals surface area contributed by atoms with Crippen LogP contribution in [0.25, 0.3) is 0 Å². The lowest BCUT2D eigenvalue weighted by molar-refractivity contribution is -0.145. The summed E-state index contributed by atoms with van der Waals surface area (Å²) in [6, 6.07) is 0.724. The second-order valence-corrected chi connectivity index (χ2v) is 7.52. The van der Waals surface area contributed by atoms with Crippen LogP contribution in [0.3, 0.4) is 0 Å². The molecule has 0 amide bonds. The lowest BCUT2D eigenvalue weighted by Crippen LogP contribution is -2.41. The van der Waals surface area contributed by atoms with E-state index in [-0.39, 0.29) is 11.9 Å². The molecule has 0 bridgehead atoms. The third-order valence-corrected chi connectivity index (χ3v) is 5.66. The monoisotopic (exact) mass is 352 g/mol. The third kappa shape index (κ3) is 5.59. The maximum atomic E-state index is 11.9. The van der Waals surface area contributed by atoms with Crippen molar-refractivity contribution in [3.05, 3.63) is 0 Å². The number of nitrogens with zero attached hydrogens (tertiary/aromatic N) is 3. The van der Waals surface area contributed by atoms with Crippen LogP contribution in [-0.4, -0.2) is 74.7 Å². The number of esters is 1. The van der Waals surface area contributed by atoms with Crippen molar-refractivity contribution in [2.75, 3.05) is 46.9 Å². The van der Waals surface area contributed by atoms with Gasteiger partial charge in [-0.3, -0.25) is 9.79 Å². The van der Waals surface area contributed by atoms with E-state index in [2.05, 4.69) is 36.0 Å². The SMILES string of the molecule is CCNC(=NCCN(C)C1CCCCC1)N1CC(C)C(C(=O)OC)C1. The minimum absolute atomic E-state index is 0.0567. The number of likely N-dealkylation sites (N-methyl/N-ethyl adjacent to an activating group) is 1. The van der Waals surface area contributed by atoms with Gasteiger partial charge in [0.1, 0.15) is 0 Å². The third-order valence-electron chi connectivity index (χ3n) is 5.66. The molecule has 1 aliphatic heterocycles. The summed E-state index contributed by atoms with van der Waals surface area (Å²) < 4.78 is 4.94. The van der Waals surface area contributed by atoms with Crippen molar-refractivity contribution >= 4 is 11.9 Å². The smallest absolute Gasteiger partial charge is 0.310 e. The van der Waals surface area contributed by atoms with Crippen LogP contribution in [0.15, 0.2) is 4.99 Å². The highest BCUT2D eigenvalue weighted by Crippen LogP contribution is 2.24. The van der Waals surface area contributed by atoms with Crippen molar-refractivity contribution in [3.63, 3.8) is 0 Å². The molecule has 2 fully saturated rings. The molecule has 6 heteroatoms. The van der Waals surface area contributed by atoms with Gasteiger partial charge in [-0.1, -0.05) is 26.2 Å². The van der Waals surface area contributed by atoms with Crippen LogP contribution in [0.1, 0.15) is 46.0 Å². The molecule has 1 saturated carbocycles.